The molecule has 7 heteroatoms. The van der Waals surface area contributed by atoms with Crippen molar-refractivity contribution < 1.29 is 14.1 Å². The highest BCUT2D eigenvalue weighted by atomic mass is 35.5. The summed E-state index contributed by atoms with van der Waals surface area (Å²) in [5, 5.41) is 9.75. The van der Waals surface area contributed by atoms with Crippen LogP contribution in [0.3, 0.4) is 0 Å². The number of piperidine rings is 1. The molecule has 2 aliphatic heterocycles. The molecule has 2 aliphatic rings. The van der Waals surface area contributed by atoms with Gasteiger partial charge in [0.25, 0.3) is 5.91 Å². The fourth-order valence-corrected chi connectivity index (χ4v) is 3.06. The summed E-state index contributed by atoms with van der Waals surface area (Å²) in [5.41, 5.74) is 0.372. The first-order chi connectivity index (χ1) is 9.77. The molecule has 0 radical (unpaired) electrons. The van der Waals surface area contributed by atoms with Gasteiger partial charge in [0.15, 0.2) is 0 Å². The van der Waals surface area contributed by atoms with Gasteiger partial charge < -0.3 is 19.9 Å². The van der Waals surface area contributed by atoms with Crippen molar-refractivity contribution in [3.8, 4) is 0 Å². The average molecular weight is 316 g/mol. The molecular weight excluding hydrogens is 294 g/mol. The van der Waals surface area contributed by atoms with Crippen molar-refractivity contribution >= 4 is 18.3 Å². The highest BCUT2D eigenvalue weighted by Gasteiger charge is 2.37. The maximum Gasteiger partial charge on any atom is 0.289 e. The molecule has 3 rings (SSSR count). The fourth-order valence-electron chi connectivity index (χ4n) is 3.06. The predicted molar refractivity (Wildman–Crippen MR) is 79.6 cm³/mol. The van der Waals surface area contributed by atoms with Gasteiger partial charge in [0.2, 0.25) is 5.76 Å². The molecule has 1 spiro atoms. The number of aromatic nitrogens is 1. The summed E-state index contributed by atoms with van der Waals surface area (Å²) in [5.74, 6) is 0.0175. The lowest BCUT2D eigenvalue weighted by molar-refractivity contribution is -0.0721. The summed E-state index contributed by atoms with van der Waals surface area (Å²) in [6.07, 6.45) is 6.18. The largest absolute Gasteiger partial charge is 0.376 e. The Labute approximate surface area is 130 Å². The third-order valence-electron chi connectivity index (χ3n) is 4.44. The zero-order chi connectivity index (χ0) is 13.8. The van der Waals surface area contributed by atoms with Crippen molar-refractivity contribution in [1.82, 2.24) is 15.8 Å². The van der Waals surface area contributed by atoms with Crippen molar-refractivity contribution in [2.75, 3.05) is 26.2 Å². The summed E-state index contributed by atoms with van der Waals surface area (Å²) in [6.45, 7) is 3.54. The lowest BCUT2D eigenvalue weighted by Crippen LogP contribution is -2.46. The van der Waals surface area contributed by atoms with Crippen LogP contribution in [0.15, 0.2) is 16.8 Å². The third-order valence-corrected chi connectivity index (χ3v) is 4.44. The van der Waals surface area contributed by atoms with Gasteiger partial charge in [-0.25, -0.2) is 0 Å². The molecule has 0 aliphatic carbocycles. The van der Waals surface area contributed by atoms with Crippen molar-refractivity contribution in [2.45, 2.75) is 31.8 Å². The Morgan fingerprint density at radius 3 is 2.86 bits per heavy atom. The van der Waals surface area contributed by atoms with Gasteiger partial charge in [-0.05, 0) is 44.2 Å². The first-order valence-electron chi connectivity index (χ1n) is 7.29. The van der Waals surface area contributed by atoms with Crippen molar-refractivity contribution in [2.24, 2.45) is 5.41 Å². The van der Waals surface area contributed by atoms with E-state index in [1.165, 1.54) is 25.5 Å². The monoisotopic (exact) mass is 315 g/mol. The number of ether oxygens (including phenoxy) is 1. The number of rotatable bonds is 3. The number of amides is 1. The number of carbonyl (C=O) groups is 1. The summed E-state index contributed by atoms with van der Waals surface area (Å²) in [4.78, 5) is 11.7. The van der Waals surface area contributed by atoms with E-state index < -0.39 is 0 Å². The van der Waals surface area contributed by atoms with Crippen LogP contribution in [-0.4, -0.2) is 43.4 Å². The molecule has 0 bridgehead atoms. The van der Waals surface area contributed by atoms with Gasteiger partial charge in [-0.1, -0.05) is 5.16 Å². The van der Waals surface area contributed by atoms with Gasteiger partial charge in [0, 0.05) is 12.6 Å². The van der Waals surface area contributed by atoms with Gasteiger partial charge >= 0.3 is 0 Å². The normalized spacial score (nSPS) is 24.3. The second kappa shape index (κ2) is 7.24. The van der Waals surface area contributed by atoms with Crippen LogP contribution in [0.1, 0.15) is 36.2 Å². The van der Waals surface area contributed by atoms with Crippen LogP contribution in [0.5, 0.6) is 0 Å². The van der Waals surface area contributed by atoms with Crippen LogP contribution in [0.4, 0.5) is 0 Å². The molecule has 118 valence electrons. The quantitative estimate of drug-likeness (QED) is 0.881. The number of nitrogens with one attached hydrogen (secondary N) is 2. The summed E-state index contributed by atoms with van der Waals surface area (Å²) >= 11 is 0. The van der Waals surface area contributed by atoms with E-state index in [-0.39, 0.29) is 30.2 Å². The molecule has 1 aromatic heterocycles. The SMILES string of the molecule is Cl.O=C(NCC1CCC2(CCNCC2)CO1)c1ccno1. The predicted octanol–water partition coefficient (Wildman–Crippen LogP) is 1.37. The molecule has 1 atom stereocenters. The van der Waals surface area contributed by atoms with Crippen LogP contribution in [0.2, 0.25) is 0 Å². The number of carbonyl (C=O) groups excluding carboxylic acids is 1. The van der Waals surface area contributed by atoms with Gasteiger partial charge in [-0.2, -0.15) is 0 Å². The number of hydrogen-bond acceptors (Lipinski definition) is 5. The minimum absolute atomic E-state index is 0. The zero-order valence-electron chi connectivity index (χ0n) is 12.0. The van der Waals surface area contributed by atoms with E-state index >= 15 is 0 Å². The summed E-state index contributed by atoms with van der Waals surface area (Å²) in [6, 6.07) is 1.56. The van der Waals surface area contributed by atoms with E-state index in [4.69, 9.17) is 9.26 Å². The molecule has 0 aromatic carbocycles. The molecule has 2 fully saturated rings. The van der Waals surface area contributed by atoms with Crippen molar-refractivity contribution in [1.29, 1.82) is 0 Å². The summed E-state index contributed by atoms with van der Waals surface area (Å²) in [7, 11) is 0. The Morgan fingerprint density at radius 2 is 2.24 bits per heavy atom. The topological polar surface area (TPSA) is 76.4 Å². The van der Waals surface area contributed by atoms with Crippen LogP contribution in [0.25, 0.3) is 0 Å². The first kappa shape index (κ1) is 16.3. The standard InChI is InChI=1S/C14H21N3O3.ClH/c18-13(12-2-6-17-20-12)16-9-11-1-3-14(10-19-11)4-7-15-8-5-14;/h2,6,11,15H,1,3-5,7-10H2,(H,16,18);1H. The molecule has 1 unspecified atom stereocenters. The maximum atomic E-state index is 11.7. The molecule has 6 nitrogen and oxygen atoms in total. The molecule has 1 amide bonds. The second-order valence-electron chi connectivity index (χ2n) is 5.81. The molecule has 21 heavy (non-hydrogen) atoms. The second-order valence-corrected chi connectivity index (χ2v) is 5.81. The molecule has 2 N–H and O–H groups in total. The number of hydrogen-bond donors (Lipinski definition) is 2. The number of nitrogens with zero attached hydrogens (tertiary/aromatic N) is 1. The third kappa shape index (κ3) is 3.96. The first-order valence-corrected chi connectivity index (χ1v) is 7.29. The van der Waals surface area contributed by atoms with E-state index in [9.17, 15) is 4.79 Å². The molecule has 1 aromatic rings. The molecule has 2 saturated heterocycles. The average Bonchev–Trinajstić information content (AvgIpc) is 3.02. The van der Waals surface area contributed by atoms with Crippen LogP contribution < -0.4 is 10.6 Å². The Balaban J connectivity index is 0.00000161. The lowest BCUT2D eigenvalue weighted by Gasteiger charge is -2.43. The molecule has 3 heterocycles. The highest BCUT2D eigenvalue weighted by Crippen LogP contribution is 2.38. The minimum atomic E-state index is -0.228. The Hall–Kier alpha value is -1.11. The Morgan fingerprint density at radius 1 is 1.43 bits per heavy atom. The lowest BCUT2D eigenvalue weighted by atomic mass is 9.74. The summed E-state index contributed by atoms with van der Waals surface area (Å²) < 4.78 is 10.8. The van der Waals surface area contributed by atoms with Gasteiger partial charge in [-0.3, -0.25) is 4.79 Å². The van der Waals surface area contributed by atoms with Gasteiger partial charge in [0.1, 0.15) is 0 Å². The zero-order valence-corrected chi connectivity index (χ0v) is 12.8. The number of halogens is 1. The van der Waals surface area contributed by atoms with E-state index in [1.54, 1.807) is 6.07 Å². The Kier molecular flexibility index (Phi) is 5.61. The van der Waals surface area contributed by atoms with E-state index in [0.29, 0.717) is 12.0 Å². The van der Waals surface area contributed by atoms with E-state index in [0.717, 1.165) is 26.1 Å². The molecule has 0 saturated carbocycles. The Bertz CT molecular complexity index is 436. The van der Waals surface area contributed by atoms with Gasteiger partial charge in [0.05, 0.1) is 18.9 Å². The fraction of sp³-hybridized carbons (Fsp3) is 0.714. The van der Waals surface area contributed by atoms with Gasteiger partial charge in [-0.15, -0.1) is 12.4 Å². The highest BCUT2D eigenvalue weighted by molar-refractivity contribution is 5.91. The van der Waals surface area contributed by atoms with Crippen LogP contribution in [0, 0.1) is 5.41 Å². The maximum absolute atomic E-state index is 11.7. The van der Waals surface area contributed by atoms with Crippen LogP contribution in [-0.2, 0) is 4.74 Å². The van der Waals surface area contributed by atoms with Crippen molar-refractivity contribution in [3.05, 3.63) is 18.0 Å². The molecular formula is C14H22ClN3O3. The minimum Gasteiger partial charge on any atom is -0.376 e. The van der Waals surface area contributed by atoms with Crippen molar-refractivity contribution in [3.63, 3.8) is 0 Å². The van der Waals surface area contributed by atoms with E-state index in [1.807, 2.05) is 0 Å². The van der Waals surface area contributed by atoms with E-state index in [2.05, 4.69) is 15.8 Å². The van der Waals surface area contributed by atoms with Crippen LogP contribution >= 0.6 is 12.4 Å². The smallest absolute Gasteiger partial charge is 0.289 e.